The summed E-state index contributed by atoms with van der Waals surface area (Å²) < 4.78 is 45.5. The van der Waals surface area contributed by atoms with Crippen molar-refractivity contribution in [3.63, 3.8) is 0 Å². The molecule has 0 aliphatic carbocycles. The van der Waals surface area contributed by atoms with Gasteiger partial charge in [0.1, 0.15) is 17.7 Å². The van der Waals surface area contributed by atoms with E-state index >= 15 is 0 Å². The summed E-state index contributed by atoms with van der Waals surface area (Å²) in [5.41, 5.74) is 1.29. The van der Waals surface area contributed by atoms with E-state index in [1.54, 1.807) is 13.1 Å². The van der Waals surface area contributed by atoms with E-state index in [9.17, 15) is 13.2 Å². The number of rotatable bonds is 2. The van der Waals surface area contributed by atoms with Gasteiger partial charge in [-0.2, -0.15) is 0 Å². The first kappa shape index (κ1) is 13.9. The third-order valence-corrected chi connectivity index (χ3v) is 3.73. The standard InChI is InChI=1S/C16H14F3NO/c1-20-14-8-16(9-2-4-12(18)13(19)6-9)21-15-5-3-10(17)7-11(14)15/h2-7,14,16,20H,8H2,1H3. The van der Waals surface area contributed by atoms with E-state index < -0.39 is 17.7 Å². The molecule has 2 unspecified atom stereocenters. The van der Waals surface area contributed by atoms with Crippen LogP contribution >= 0.6 is 0 Å². The molecule has 0 spiro atoms. The van der Waals surface area contributed by atoms with Crippen LogP contribution in [0.25, 0.3) is 0 Å². The molecule has 1 aliphatic rings. The van der Waals surface area contributed by atoms with Gasteiger partial charge in [0.05, 0.1) is 0 Å². The topological polar surface area (TPSA) is 21.3 Å². The lowest BCUT2D eigenvalue weighted by Crippen LogP contribution is -2.27. The minimum absolute atomic E-state index is 0.109. The summed E-state index contributed by atoms with van der Waals surface area (Å²) >= 11 is 0. The Morgan fingerprint density at radius 2 is 1.86 bits per heavy atom. The van der Waals surface area contributed by atoms with Crippen molar-refractivity contribution in [1.82, 2.24) is 5.32 Å². The summed E-state index contributed by atoms with van der Waals surface area (Å²) in [4.78, 5) is 0. The van der Waals surface area contributed by atoms with Crippen molar-refractivity contribution in [3.05, 3.63) is 65.0 Å². The summed E-state index contributed by atoms with van der Waals surface area (Å²) in [5.74, 6) is -1.56. The minimum atomic E-state index is -0.901. The average Bonchev–Trinajstić information content (AvgIpc) is 2.49. The number of benzene rings is 2. The van der Waals surface area contributed by atoms with Crippen LogP contribution in [0, 0.1) is 17.5 Å². The molecular weight excluding hydrogens is 279 g/mol. The molecule has 2 aromatic rings. The second-order valence-corrected chi connectivity index (χ2v) is 5.04. The largest absolute Gasteiger partial charge is 0.485 e. The highest BCUT2D eigenvalue weighted by Crippen LogP contribution is 2.41. The van der Waals surface area contributed by atoms with E-state index in [-0.39, 0.29) is 11.9 Å². The van der Waals surface area contributed by atoms with Gasteiger partial charge in [-0.05, 0) is 42.9 Å². The predicted molar refractivity (Wildman–Crippen MR) is 72.5 cm³/mol. The molecule has 3 rings (SSSR count). The quantitative estimate of drug-likeness (QED) is 0.907. The predicted octanol–water partition coefficient (Wildman–Crippen LogP) is 3.89. The van der Waals surface area contributed by atoms with Crippen molar-refractivity contribution in [1.29, 1.82) is 0 Å². The van der Waals surface area contributed by atoms with Gasteiger partial charge >= 0.3 is 0 Å². The van der Waals surface area contributed by atoms with Crippen molar-refractivity contribution >= 4 is 0 Å². The van der Waals surface area contributed by atoms with Gasteiger partial charge < -0.3 is 10.1 Å². The zero-order valence-electron chi connectivity index (χ0n) is 11.4. The Kier molecular flexibility index (Phi) is 3.59. The summed E-state index contributed by atoms with van der Waals surface area (Å²) in [5, 5.41) is 3.10. The summed E-state index contributed by atoms with van der Waals surface area (Å²) in [6.07, 6.45) is 0.105. The van der Waals surface area contributed by atoms with Crippen LogP contribution in [0.1, 0.15) is 29.7 Å². The third-order valence-electron chi connectivity index (χ3n) is 3.73. The fourth-order valence-electron chi connectivity index (χ4n) is 2.63. The molecular formula is C16H14F3NO. The highest BCUT2D eigenvalue weighted by molar-refractivity contribution is 5.39. The Balaban J connectivity index is 1.96. The highest BCUT2D eigenvalue weighted by atomic mass is 19.2. The molecule has 0 saturated heterocycles. The van der Waals surface area contributed by atoms with Gasteiger partial charge in [0.25, 0.3) is 0 Å². The second kappa shape index (κ2) is 5.41. The first-order valence-corrected chi connectivity index (χ1v) is 6.67. The van der Waals surface area contributed by atoms with Crippen LogP contribution in [0.4, 0.5) is 13.2 Å². The van der Waals surface area contributed by atoms with E-state index in [0.717, 1.165) is 17.7 Å². The molecule has 0 saturated carbocycles. The Morgan fingerprint density at radius 3 is 2.57 bits per heavy atom. The Morgan fingerprint density at radius 1 is 1.05 bits per heavy atom. The van der Waals surface area contributed by atoms with Crippen molar-refractivity contribution in [3.8, 4) is 5.75 Å². The minimum Gasteiger partial charge on any atom is -0.485 e. The molecule has 1 N–H and O–H groups in total. The van der Waals surface area contributed by atoms with Crippen molar-refractivity contribution in [2.24, 2.45) is 0 Å². The zero-order valence-corrected chi connectivity index (χ0v) is 11.4. The van der Waals surface area contributed by atoms with Crippen LogP contribution in [0.5, 0.6) is 5.75 Å². The third kappa shape index (κ3) is 2.61. The summed E-state index contributed by atoms with van der Waals surface area (Å²) in [6.45, 7) is 0. The first-order valence-electron chi connectivity index (χ1n) is 6.67. The molecule has 21 heavy (non-hydrogen) atoms. The molecule has 1 heterocycles. The molecule has 1 aliphatic heterocycles. The fraction of sp³-hybridized carbons (Fsp3) is 0.250. The Labute approximate surface area is 120 Å². The van der Waals surface area contributed by atoms with Gasteiger partial charge in [-0.1, -0.05) is 6.07 Å². The zero-order chi connectivity index (χ0) is 15.0. The summed E-state index contributed by atoms with van der Waals surface area (Å²) in [7, 11) is 1.77. The maximum absolute atomic E-state index is 13.4. The lowest BCUT2D eigenvalue weighted by molar-refractivity contribution is 0.153. The molecule has 5 heteroatoms. The van der Waals surface area contributed by atoms with E-state index in [0.29, 0.717) is 17.7 Å². The lowest BCUT2D eigenvalue weighted by Gasteiger charge is -2.32. The molecule has 2 atom stereocenters. The van der Waals surface area contributed by atoms with Gasteiger partial charge in [-0.15, -0.1) is 0 Å². The van der Waals surface area contributed by atoms with E-state index in [1.807, 2.05) is 0 Å². The summed E-state index contributed by atoms with van der Waals surface area (Å²) in [6, 6.07) is 7.93. The molecule has 0 bridgehead atoms. The Bertz CT molecular complexity index is 675. The second-order valence-electron chi connectivity index (χ2n) is 5.04. The maximum atomic E-state index is 13.4. The molecule has 2 aromatic carbocycles. The molecule has 0 aromatic heterocycles. The molecule has 0 radical (unpaired) electrons. The highest BCUT2D eigenvalue weighted by Gasteiger charge is 2.29. The van der Waals surface area contributed by atoms with Crippen LogP contribution in [0.2, 0.25) is 0 Å². The van der Waals surface area contributed by atoms with Crippen molar-refractivity contribution < 1.29 is 17.9 Å². The van der Waals surface area contributed by atoms with Gasteiger partial charge in [0.2, 0.25) is 0 Å². The molecule has 0 fully saturated rings. The number of halogens is 3. The van der Waals surface area contributed by atoms with Crippen molar-refractivity contribution in [2.45, 2.75) is 18.6 Å². The average molecular weight is 293 g/mol. The van der Waals surface area contributed by atoms with Crippen LogP contribution in [-0.4, -0.2) is 7.05 Å². The maximum Gasteiger partial charge on any atom is 0.159 e. The molecule has 2 nitrogen and oxygen atoms in total. The van der Waals surface area contributed by atoms with Crippen LogP contribution < -0.4 is 10.1 Å². The normalized spacial score (nSPS) is 20.8. The number of fused-ring (bicyclic) bond motifs is 1. The lowest BCUT2D eigenvalue weighted by atomic mass is 9.93. The van der Waals surface area contributed by atoms with Crippen molar-refractivity contribution in [2.75, 3.05) is 7.05 Å². The number of hydrogen-bond acceptors (Lipinski definition) is 2. The smallest absolute Gasteiger partial charge is 0.159 e. The van der Waals surface area contributed by atoms with E-state index in [2.05, 4.69) is 5.32 Å². The van der Waals surface area contributed by atoms with Gasteiger partial charge in [0.15, 0.2) is 11.6 Å². The fourth-order valence-corrected chi connectivity index (χ4v) is 2.63. The van der Waals surface area contributed by atoms with E-state index in [1.165, 1.54) is 18.2 Å². The van der Waals surface area contributed by atoms with Gasteiger partial charge in [-0.25, -0.2) is 13.2 Å². The van der Waals surface area contributed by atoms with Gasteiger partial charge in [-0.3, -0.25) is 0 Å². The van der Waals surface area contributed by atoms with Crippen LogP contribution in [0.15, 0.2) is 36.4 Å². The first-order chi connectivity index (χ1) is 10.1. The number of hydrogen-bond donors (Lipinski definition) is 1. The van der Waals surface area contributed by atoms with Crippen LogP contribution in [-0.2, 0) is 0 Å². The SMILES string of the molecule is CNC1CC(c2ccc(F)c(F)c2)Oc2ccc(F)cc21. The Hall–Kier alpha value is -2.01. The van der Waals surface area contributed by atoms with E-state index in [4.69, 9.17) is 4.74 Å². The number of ether oxygens (including phenoxy) is 1. The number of nitrogens with one attached hydrogen (secondary N) is 1. The monoisotopic (exact) mass is 293 g/mol. The molecule has 110 valence electrons. The molecule has 0 amide bonds. The van der Waals surface area contributed by atoms with Gasteiger partial charge in [0, 0.05) is 18.0 Å². The van der Waals surface area contributed by atoms with Crippen LogP contribution in [0.3, 0.4) is 0 Å².